The van der Waals surface area contributed by atoms with Crippen LogP contribution in [-0.4, -0.2) is 9.78 Å². The smallest absolute Gasteiger partial charge is 0.149 e. The summed E-state index contributed by atoms with van der Waals surface area (Å²) >= 11 is 0. The van der Waals surface area contributed by atoms with Crippen molar-refractivity contribution in [3.63, 3.8) is 0 Å². The van der Waals surface area contributed by atoms with Crippen molar-refractivity contribution < 1.29 is 4.39 Å². The average Bonchev–Trinajstić information content (AvgIpc) is 2.97. The standard InChI is InChI=1S/C17H16FN3/c1-12(19)14-7-8-17(16(18)9-14)21-11-15(10-20-21)13-5-3-2-4-6-13/h2-12H,19H2,1H3/t12-/m0/s1. The molecule has 0 saturated heterocycles. The summed E-state index contributed by atoms with van der Waals surface area (Å²) in [4.78, 5) is 0. The van der Waals surface area contributed by atoms with Crippen molar-refractivity contribution in [1.29, 1.82) is 0 Å². The number of aromatic nitrogens is 2. The van der Waals surface area contributed by atoms with Crippen molar-refractivity contribution in [2.45, 2.75) is 13.0 Å². The van der Waals surface area contributed by atoms with E-state index in [0.717, 1.165) is 16.7 Å². The molecule has 1 heterocycles. The Labute approximate surface area is 122 Å². The lowest BCUT2D eigenvalue weighted by Gasteiger charge is -2.08. The van der Waals surface area contributed by atoms with Crippen LogP contribution >= 0.6 is 0 Å². The minimum absolute atomic E-state index is 0.189. The van der Waals surface area contributed by atoms with Crippen LogP contribution in [0.25, 0.3) is 16.8 Å². The molecule has 0 unspecified atom stereocenters. The third-order valence-electron chi connectivity index (χ3n) is 3.43. The zero-order chi connectivity index (χ0) is 14.8. The van der Waals surface area contributed by atoms with Gasteiger partial charge in [-0.05, 0) is 30.2 Å². The molecule has 0 aliphatic carbocycles. The van der Waals surface area contributed by atoms with Crippen LogP contribution in [0.1, 0.15) is 18.5 Å². The van der Waals surface area contributed by atoms with Crippen LogP contribution in [0.2, 0.25) is 0 Å². The highest BCUT2D eigenvalue weighted by Gasteiger charge is 2.10. The second-order valence-corrected chi connectivity index (χ2v) is 5.04. The molecule has 0 radical (unpaired) electrons. The summed E-state index contributed by atoms with van der Waals surface area (Å²) in [6.07, 6.45) is 3.55. The van der Waals surface area contributed by atoms with Crippen molar-refractivity contribution in [3.8, 4) is 16.8 Å². The SMILES string of the molecule is C[C@H](N)c1ccc(-n2cc(-c3ccccc3)cn2)c(F)c1. The number of halogens is 1. The van der Waals surface area contributed by atoms with E-state index in [1.165, 1.54) is 6.07 Å². The number of rotatable bonds is 3. The van der Waals surface area contributed by atoms with Gasteiger partial charge in [-0.1, -0.05) is 36.4 Å². The second kappa shape index (κ2) is 5.50. The van der Waals surface area contributed by atoms with Crippen LogP contribution in [0.3, 0.4) is 0 Å². The van der Waals surface area contributed by atoms with E-state index in [1.54, 1.807) is 16.9 Å². The van der Waals surface area contributed by atoms with Crippen LogP contribution in [0, 0.1) is 5.82 Å². The van der Waals surface area contributed by atoms with Gasteiger partial charge in [0, 0.05) is 17.8 Å². The molecule has 3 nitrogen and oxygen atoms in total. The minimum Gasteiger partial charge on any atom is -0.324 e. The molecule has 0 bridgehead atoms. The molecule has 1 aromatic heterocycles. The van der Waals surface area contributed by atoms with E-state index in [1.807, 2.05) is 49.5 Å². The highest BCUT2D eigenvalue weighted by Crippen LogP contribution is 2.22. The third-order valence-corrected chi connectivity index (χ3v) is 3.43. The van der Waals surface area contributed by atoms with Crippen LogP contribution < -0.4 is 5.73 Å². The molecule has 0 spiro atoms. The first kappa shape index (κ1) is 13.5. The second-order valence-electron chi connectivity index (χ2n) is 5.04. The molecule has 0 aliphatic heterocycles. The quantitative estimate of drug-likeness (QED) is 0.795. The third kappa shape index (κ3) is 2.71. The normalized spacial score (nSPS) is 12.3. The molecule has 0 saturated carbocycles. The Bertz CT molecular complexity index is 748. The molecule has 1 atom stereocenters. The number of hydrogen-bond acceptors (Lipinski definition) is 2. The average molecular weight is 281 g/mol. The zero-order valence-corrected chi connectivity index (χ0v) is 11.7. The number of hydrogen-bond donors (Lipinski definition) is 1. The topological polar surface area (TPSA) is 43.8 Å². The number of nitrogens with two attached hydrogens (primary N) is 1. The molecule has 0 amide bonds. The Kier molecular flexibility index (Phi) is 3.54. The molecular formula is C17H16FN3. The van der Waals surface area contributed by atoms with Gasteiger partial charge in [0.25, 0.3) is 0 Å². The van der Waals surface area contributed by atoms with Crippen molar-refractivity contribution >= 4 is 0 Å². The fraction of sp³-hybridized carbons (Fsp3) is 0.118. The zero-order valence-electron chi connectivity index (χ0n) is 11.7. The summed E-state index contributed by atoms with van der Waals surface area (Å²) in [5, 5.41) is 4.24. The molecule has 0 aliphatic rings. The van der Waals surface area contributed by atoms with Gasteiger partial charge in [-0.2, -0.15) is 5.10 Å². The fourth-order valence-corrected chi connectivity index (χ4v) is 2.23. The minimum atomic E-state index is -0.326. The molecular weight excluding hydrogens is 265 g/mol. The summed E-state index contributed by atoms with van der Waals surface area (Å²) in [6.45, 7) is 1.83. The van der Waals surface area contributed by atoms with Gasteiger partial charge < -0.3 is 5.73 Å². The molecule has 2 N–H and O–H groups in total. The lowest BCUT2D eigenvalue weighted by molar-refractivity contribution is 0.606. The summed E-state index contributed by atoms with van der Waals surface area (Å²) < 4.78 is 15.7. The summed E-state index contributed by atoms with van der Waals surface area (Å²) in [6, 6.07) is 14.7. The van der Waals surface area contributed by atoms with E-state index < -0.39 is 0 Å². The van der Waals surface area contributed by atoms with Crippen LogP contribution in [0.4, 0.5) is 4.39 Å². The lowest BCUT2D eigenvalue weighted by Crippen LogP contribution is -2.06. The summed E-state index contributed by atoms with van der Waals surface area (Å²) in [5.74, 6) is -0.326. The maximum absolute atomic E-state index is 14.2. The van der Waals surface area contributed by atoms with Crippen molar-refractivity contribution in [3.05, 3.63) is 72.3 Å². The Morgan fingerprint density at radius 2 is 1.86 bits per heavy atom. The summed E-state index contributed by atoms with van der Waals surface area (Å²) in [7, 11) is 0. The van der Waals surface area contributed by atoms with Gasteiger partial charge in [0.15, 0.2) is 0 Å². The molecule has 4 heteroatoms. The van der Waals surface area contributed by atoms with Crippen molar-refractivity contribution in [2.24, 2.45) is 5.73 Å². The van der Waals surface area contributed by atoms with E-state index in [9.17, 15) is 4.39 Å². The fourth-order valence-electron chi connectivity index (χ4n) is 2.23. The molecule has 106 valence electrons. The van der Waals surface area contributed by atoms with Gasteiger partial charge in [0.05, 0.1) is 6.20 Å². The Balaban J connectivity index is 1.97. The molecule has 2 aromatic carbocycles. The molecule has 21 heavy (non-hydrogen) atoms. The Morgan fingerprint density at radius 3 is 2.52 bits per heavy atom. The van der Waals surface area contributed by atoms with E-state index in [4.69, 9.17) is 5.73 Å². The van der Waals surface area contributed by atoms with Crippen molar-refractivity contribution in [1.82, 2.24) is 9.78 Å². The maximum atomic E-state index is 14.2. The predicted molar refractivity (Wildman–Crippen MR) is 81.6 cm³/mol. The van der Waals surface area contributed by atoms with Gasteiger partial charge in [-0.15, -0.1) is 0 Å². The molecule has 3 rings (SSSR count). The maximum Gasteiger partial charge on any atom is 0.149 e. The molecule has 3 aromatic rings. The monoisotopic (exact) mass is 281 g/mol. The Morgan fingerprint density at radius 1 is 1.10 bits per heavy atom. The van der Waals surface area contributed by atoms with Gasteiger partial charge in [0.2, 0.25) is 0 Å². The Hall–Kier alpha value is -2.46. The highest BCUT2D eigenvalue weighted by atomic mass is 19.1. The van der Waals surface area contributed by atoms with Crippen molar-refractivity contribution in [2.75, 3.05) is 0 Å². The number of nitrogens with zero attached hydrogens (tertiary/aromatic N) is 2. The first-order chi connectivity index (χ1) is 10.1. The van der Waals surface area contributed by atoms with E-state index in [-0.39, 0.29) is 11.9 Å². The van der Waals surface area contributed by atoms with Crippen LogP contribution in [0.5, 0.6) is 0 Å². The summed E-state index contributed by atoms with van der Waals surface area (Å²) in [5.41, 5.74) is 8.95. The largest absolute Gasteiger partial charge is 0.324 e. The van der Waals surface area contributed by atoms with Gasteiger partial charge in [-0.3, -0.25) is 0 Å². The van der Waals surface area contributed by atoms with E-state index >= 15 is 0 Å². The first-order valence-corrected chi connectivity index (χ1v) is 6.80. The number of benzene rings is 2. The first-order valence-electron chi connectivity index (χ1n) is 6.80. The lowest BCUT2D eigenvalue weighted by atomic mass is 10.1. The van der Waals surface area contributed by atoms with Gasteiger partial charge in [-0.25, -0.2) is 9.07 Å². The van der Waals surface area contributed by atoms with Gasteiger partial charge >= 0.3 is 0 Å². The van der Waals surface area contributed by atoms with E-state index in [2.05, 4.69) is 5.10 Å². The van der Waals surface area contributed by atoms with E-state index in [0.29, 0.717) is 5.69 Å². The van der Waals surface area contributed by atoms with Crippen LogP contribution in [-0.2, 0) is 0 Å². The van der Waals surface area contributed by atoms with Crippen LogP contribution in [0.15, 0.2) is 60.9 Å². The highest BCUT2D eigenvalue weighted by molar-refractivity contribution is 5.62. The van der Waals surface area contributed by atoms with Gasteiger partial charge in [0.1, 0.15) is 11.5 Å². The molecule has 0 fully saturated rings. The predicted octanol–water partition coefficient (Wildman–Crippen LogP) is 3.70.